The molecule has 0 spiro atoms. The Morgan fingerprint density at radius 1 is 0.913 bits per heavy atom. The molecule has 4 rings (SSSR count). The molecule has 3 aromatic rings. The lowest BCUT2D eigenvalue weighted by atomic mass is 10.0. The van der Waals surface area contributed by atoms with Crippen molar-refractivity contribution in [3.8, 4) is 5.75 Å². The summed E-state index contributed by atoms with van der Waals surface area (Å²) < 4.78 is 5.24. The van der Waals surface area contributed by atoms with Gasteiger partial charge in [0.1, 0.15) is 11.4 Å². The molecule has 1 aliphatic heterocycles. The number of nitrogens with zero attached hydrogens (tertiary/aromatic N) is 2. The number of hydrogen-bond donors (Lipinski definition) is 1. The predicted molar refractivity (Wildman–Crippen MR) is 92.3 cm³/mol. The van der Waals surface area contributed by atoms with E-state index < -0.39 is 0 Å². The van der Waals surface area contributed by atoms with Gasteiger partial charge < -0.3 is 10.1 Å². The van der Waals surface area contributed by atoms with E-state index in [-0.39, 0.29) is 0 Å². The van der Waals surface area contributed by atoms with Gasteiger partial charge in [-0.2, -0.15) is 0 Å². The second kappa shape index (κ2) is 5.57. The first kappa shape index (κ1) is 13.5. The molecule has 0 radical (unpaired) electrons. The molecule has 0 saturated heterocycles. The maximum atomic E-state index is 5.24. The average molecular weight is 301 g/mol. The molecular weight excluding hydrogens is 286 g/mol. The van der Waals surface area contributed by atoms with Crippen molar-refractivity contribution in [1.82, 2.24) is 4.98 Å². The molecule has 23 heavy (non-hydrogen) atoms. The van der Waals surface area contributed by atoms with Crippen LogP contribution in [0.15, 0.2) is 71.9 Å². The van der Waals surface area contributed by atoms with E-state index in [9.17, 15) is 0 Å². The predicted octanol–water partition coefficient (Wildman–Crippen LogP) is 4.32. The van der Waals surface area contributed by atoms with Gasteiger partial charge in [0.25, 0.3) is 0 Å². The first-order valence-electron chi connectivity index (χ1n) is 7.40. The Kier molecular flexibility index (Phi) is 3.27. The van der Waals surface area contributed by atoms with Gasteiger partial charge in [0.2, 0.25) is 0 Å². The van der Waals surface area contributed by atoms with Crippen LogP contribution in [0.5, 0.6) is 5.75 Å². The number of methoxy groups -OCH3 is 1. The molecule has 0 fully saturated rings. The zero-order valence-electron chi connectivity index (χ0n) is 12.7. The van der Waals surface area contributed by atoms with Crippen LogP contribution in [0.4, 0.5) is 17.2 Å². The van der Waals surface area contributed by atoms with E-state index in [4.69, 9.17) is 9.73 Å². The SMILES string of the molecule is COc1ccc(C2=Nc3cccnc3Nc3ccccc32)cc1. The van der Waals surface area contributed by atoms with E-state index in [1.54, 1.807) is 13.3 Å². The number of para-hydroxylation sites is 1. The highest BCUT2D eigenvalue weighted by Crippen LogP contribution is 2.33. The van der Waals surface area contributed by atoms with Crippen molar-refractivity contribution in [2.24, 2.45) is 4.99 Å². The Bertz CT molecular complexity index is 885. The summed E-state index contributed by atoms with van der Waals surface area (Å²) in [5.74, 6) is 1.60. The Labute approximate surface area is 134 Å². The van der Waals surface area contributed by atoms with Gasteiger partial charge in [-0.25, -0.2) is 9.98 Å². The standard InChI is InChI=1S/C19H15N3O/c1-23-14-10-8-13(9-11-14)18-15-5-2-3-6-16(15)22-19-17(21-18)7-4-12-20-19/h2-12H,1H3,(H,20,22). The fourth-order valence-electron chi connectivity index (χ4n) is 2.66. The van der Waals surface area contributed by atoms with Crippen LogP contribution in [0.1, 0.15) is 11.1 Å². The van der Waals surface area contributed by atoms with Crippen molar-refractivity contribution in [2.75, 3.05) is 12.4 Å². The summed E-state index contributed by atoms with van der Waals surface area (Å²) in [4.78, 5) is 9.25. The van der Waals surface area contributed by atoms with Gasteiger partial charge in [0.05, 0.1) is 12.8 Å². The number of ether oxygens (including phenoxy) is 1. The van der Waals surface area contributed by atoms with E-state index in [0.717, 1.165) is 39.8 Å². The largest absolute Gasteiger partial charge is 0.497 e. The Hall–Kier alpha value is -3.14. The average Bonchev–Trinajstić information content (AvgIpc) is 2.78. The van der Waals surface area contributed by atoms with Crippen molar-refractivity contribution in [1.29, 1.82) is 0 Å². The van der Waals surface area contributed by atoms with Gasteiger partial charge >= 0.3 is 0 Å². The number of aliphatic imine (C=N–C) groups is 1. The number of pyridine rings is 1. The number of anilines is 2. The summed E-state index contributed by atoms with van der Waals surface area (Å²) in [6, 6.07) is 19.9. The summed E-state index contributed by atoms with van der Waals surface area (Å²) in [5.41, 5.74) is 4.84. The zero-order chi connectivity index (χ0) is 15.6. The molecule has 0 atom stereocenters. The minimum Gasteiger partial charge on any atom is -0.497 e. The second-order valence-electron chi connectivity index (χ2n) is 5.23. The zero-order valence-corrected chi connectivity index (χ0v) is 12.7. The number of aromatic nitrogens is 1. The van der Waals surface area contributed by atoms with E-state index >= 15 is 0 Å². The lowest BCUT2D eigenvalue weighted by molar-refractivity contribution is 0.415. The molecule has 1 aliphatic rings. The van der Waals surface area contributed by atoms with Gasteiger partial charge in [-0.05, 0) is 42.5 Å². The fraction of sp³-hybridized carbons (Fsp3) is 0.0526. The van der Waals surface area contributed by atoms with Crippen LogP contribution < -0.4 is 10.1 Å². The first-order chi connectivity index (χ1) is 11.3. The highest BCUT2D eigenvalue weighted by atomic mass is 16.5. The second-order valence-corrected chi connectivity index (χ2v) is 5.23. The number of benzene rings is 2. The van der Waals surface area contributed by atoms with E-state index in [1.165, 1.54) is 0 Å². The third kappa shape index (κ3) is 2.44. The lowest BCUT2D eigenvalue weighted by Crippen LogP contribution is -2.04. The topological polar surface area (TPSA) is 46.5 Å². The lowest BCUT2D eigenvalue weighted by Gasteiger charge is -2.10. The molecule has 112 valence electrons. The van der Waals surface area contributed by atoms with Gasteiger partial charge in [-0.1, -0.05) is 18.2 Å². The molecule has 0 aliphatic carbocycles. The van der Waals surface area contributed by atoms with E-state index in [0.29, 0.717) is 0 Å². The molecule has 1 aromatic heterocycles. The molecule has 0 amide bonds. The third-order valence-corrected chi connectivity index (χ3v) is 3.82. The summed E-state index contributed by atoms with van der Waals surface area (Å²) in [6.07, 6.45) is 1.77. The number of rotatable bonds is 2. The Morgan fingerprint density at radius 2 is 1.74 bits per heavy atom. The minimum absolute atomic E-state index is 0.767. The van der Waals surface area contributed by atoms with Crippen molar-refractivity contribution >= 4 is 22.9 Å². The highest BCUT2D eigenvalue weighted by molar-refractivity contribution is 6.18. The van der Waals surface area contributed by atoms with Gasteiger partial charge in [-0.3, -0.25) is 0 Å². The maximum absolute atomic E-state index is 5.24. The molecule has 0 bridgehead atoms. The van der Waals surface area contributed by atoms with Crippen molar-refractivity contribution in [3.05, 3.63) is 78.0 Å². The van der Waals surface area contributed by atoms with Crippen LogP contribution in [0.2, 0.25) is 0 Å². The van der Waals surface area contributed by atoms with E-state index in [2.05, 4.69) is 16.4 Å². The molecule has 2 aromatic carbocycles. The van der Waals surface area contributed by atoms with Crippen LogP contribution >= 0.6 is 0 Å². The molecule has 4 heteroatoms. The Balaban J connectivity index is 1.93. The number of fused-ring (bicyclic) bond motifs is 2. The van der Waals surface area contributed by atoms with E-state index in [1.807, 2.05) is 54.6 Å². The van der Waals surface area contributed by atoms with Crippen LogP contribution in [0.25, 0.3) is 0 Å². The molecule has 4 nitrogen and oxygen atoms in total. The monoisotopic (exact) mass is 301 g/mol. The van der Waals surface area contributed by atoms with Crippen LogP contribution in [-0.2, 0) is 0 Å². The summed E-state index contributed by atoms with van der Waals surface area (Å²) in [7, 11) is 1.67. The summed E-state index contributed by atoms with van der Waals surface area (Å²) >= 11 is 0. The van der Waals surface area contributed by atoms with Crippen LogP contribution in [0.3, 0.4) is 0 Å². The quantitative estimate of drug-likeness (QED) is 0.600. The van der Waals surface area contributed by atoms with Gasteiger partial charge in [0.15, 0.2) is 5.82 Å². The molecule has 0 unspecified atom stereocenters. The summed E-state index contributed by atoms with van der Waals surface area (Å²) in [6.45, 7) is 0. The van der Waals surface area contributed by atoms with Gasteiger partial charge in [-0.15, -0.1) is 0 Å². The fourth-order valence-corrected chi connectivity index (χ4v) is 2.66. The van der Waals surface area contributed by atoms with Crippen molar-refractivity contribution in [3.63, 3.8) is 0 Å². The molecule has 2 heterocycles. The summed E-state index contributed by atoms with van der Waals surface area (Å²) in [5, 5.41) is 3.37. The first-order valence-corrected chi connectivity index (χ1v) is 7.40. The molecule has 1 N–H and O–H groups in total. The van der Waals surface area contributed by atoms with Crippen molar-refractivity contribution < 1.29 is 4.74 Å². The minimum atomic E-state index is 0.767. The number of nitrogens with one attached hydrogen (secondary N) is 1. The highest BCUT2D eigenvalue weighted by Gasteiger charge is 2.17. The van der Waals surface area contributed by atoms with Crippen LogP contribution in [0, 0.1) is 0 Å². The Morgan fingerprint density at radius 3 is 2.57 bits per heavy atom. The number of hydrogen-bond acceptors (Lipinski definition) is 4. The molecule has 0 saturated carbocycles. The molecular formula is C19H15N3O. The van der Waals surface area contributed by atoms with Crippen LogP contribution in [-0.4, -0.2) is 17.8 Å². The third-order valence-electron chi connectivity index (χ3n) is 3.82. The van der Waals surface area contributed by atoms with Gasteiger partial charge in [0, 0.05) is 23.0 Å². The smallest absolute Gasteiger partial charge is 0.156 e. The van der Waals surface area contributed by atoms with Crippen molar-refractivity contribution in [2.45, 2.75) is 0 Å². The normalized spacial score (nSPS) is 12.3. The maximum Gasteiger partial charge on any atom is 0.156 e.